The van der Waals surface area contributed by atoms with E-state index in [0.29, 0.717) is 40.7 Å². The Hall–Kier alpha value is -3.10. The second-order valence-electron chi connectivity index (χ2n) is 7.13. The Balaban J connectivity index is 1.61. The molecule has 0 aromatic heterocycles. The van der Waals surface area contributed by atoms with E-state index in [9.17, 15) is 14.4 Å². The molecular formula is C22H24ClN3O5. The van der Waals surface area contributed by atoms with Crippen molar-refractivity contribution >= 4 is 40.7 Å². The fourth-order valence-corrected chi connectivity index (χ4v) is 3.38. The van der Waals surface area contributed by atoms with E-state index in [1.54, 1.807) is 42.5 Å². The molecule has 0 aliphatic carbocycles. The van der Waals surface area contributed by atoms with Crippen molar-refractivity contribution in [3.05, 3.63) is 53.1 Å². The Morgan fingerprint density at radius 1 is 1.19 bits per heavy atom. The molecule has 9 heteroatoms. The average Bonchev–Trinajstić information content (AvgIpc) is 3.28. The summed E-state index contributed by atoms with van der Waals surface area (Å²) in [7, 11) is 3.01. The van der Waals surface area contributed by atoms with Crippen molar-refractivity contribution in [2.24, 2.45) is 0 Å². The highest BCUT2D eigenvalue weighted by Crippen LogP contribution is 2.27. The maximum atomic E-state index is 12.8. The first kappa shape index (κ1) is 22.6. The normalized spacial score (nSPS) is 15.3. The smallest absolute Gasteiger partial charge is 0.254 e. The van der Waals surface area contributed by atoms with Crippen molar-refractivity contribution < 1.29 is 23.9 Å². The van der Waals surface area contributed by atoms with Crippen molar-refractivity contribution in [1.29, 1.82) is 0 Å². The topological polar surface area (TPSA) is 97.0 Å². The first-order chi connectivity index (χ1) is 14.9. The molecule has 3 amide bonds. The number of nitrogens with zero attached hydrogens (tertiary/aromatic N) is 1. The molecule has 0 spiro atoms. The van der Waals surface area contributed by atoms with Gasteiger partial charge in [-0.05, 0) is 49.2 Å². The standard InChI is InChI=1S/C22H24ClN3O5/c1-26(13-20(27)25-17-12-15(23)8-9-18(17)30-2)22(29)14-5-3-6-16(11-14)24-21(28)19-7-4-10-31-19/h3,5-6,8-9,11-12,19H,4,7,10,13H2,1-2H3,(H,24,28)(H,25,27). The molecule has 1 aliphatic heterocycles. The van der Waals surface area contributed by atoms with E-state index in [-0.39, 0.29) is 18.4 Å². The van der Waals surface area contributed by atoms with Gasteiger partial charge in [-0.1, -0.05) is 17.7 Å². The molecule has 2 aromatic carbocycles. The minimum atomic E-state index is -0.464. The number of ether oxygens (including phenoxy) is 2. The van der Waals surface area contributed by atoms with Crippen molar-refractivity contribution in [2.45, 2.75) is 18.9 Å². The van der Waals surface area contributed by atoms with Crippen LogP contribution in [0.2, 0.25) is 5.02 Å². The van der Waals surface area contributed by atoms with E-state index in [2.05, 4.69) is 10.6 Å². The highest BCUT2D eigenvalue weighted by atomic mass is 35.5. The van der Waals surface area contributed by atoms with Crippen LogP contribution in [-0.4, -0.2) is 56.0 Å². The van der Waals surface area contributed by atoms with Gasteiger partial charge in [0.25, 0.3) is 11.8 Å². The largest absolute Gasteiger partial charge is 0.495 e. The number of hydrogen-bond acceptors (Lipinski definition) is 5. The van der Waals surface area contributed by atoms with E-state index in [1.807, 2.05) is 0 Å². The number of likely N-dealkylation sites (N-methyl/N-ethyl adjacent to an activating group) is 1. The minimum Gasteiger partial charge on any atom is -0.495 e. The van der Waals surface area contributed by atoms with Crippen LogP contribution >= 0.6 is 11.6 Å². The molecule has 2 N–H and O–H groups in total. The van der Waals surface area contributed by atoms with Crippen LogP contribution in [0.15, 0.2) is 42.5 Å². The highest BCUT2D eigenvalue weighted by molar-refractivity contribution is 6.31. The molecule has 1 unspecified atom stereocenters. The predicted molar refractivity (Wildman–Crippen MR) is 118 cm³/mol. The molecule has 1 saturated heterocycles. The first-order valence-electron chi connectivity index (χ1n) is 9.79. The maximum Gasteiger partial charge on any atom is 0.254 e. The average molecular weight is 446 g/mol. The van der Waals surface area contributed by atoms with Gasteiger partial charge in [0.05, 0.1) is 19.3 Å². The molecule has 164 valence electrons. The van der Waals surface area contributed by atoms with E-state index in [0.717, 1.165) is 6.42 Å². The van der Waals surface area contributed by atoms with E-state index in [4.69, 9.17) is 21.1 Å². The molecule has 0 bridgehead atoms. The SMILES string of the molecule is COc1ccc(Cl)cc1NC(=O)CN(C)C(=O)c1cccc(NC(=O)C2CCCO2)c1. The zero-order chi connectivity index (χ0) is 22.4. The third kappa shape index (κ3) is 5.96. The lowest BCUT2D eigenvalue weighted by Gasteiger charge is -2.18. The second-order valence-corrected chi connectivity index (χ2v) is 7.56. The Bertz CT molecular complexity index is 975. The Morgan fingerprint density at radius 3 is 2.71 bits per heavy atom. The molecule has 1 aliphatic rings. The maximum absolute atomic E-state index is 12.8. The quantitative estimate of drug-likeness (QED) is 0.682. The fraction of sp³-hybridized carbons (Fsp3) is 0.318. The highest BCUT2D eigenvalue weighted by Gasteiger charge is 2.24. The molecule has 1 heterocycles. The van der Waals surface area contributed by atoms with E-state index < -0.39 is 12.0 Å². The van der Waals surface area contributed by atoms with Crippen LogP contribution in [0, 0.1) is 0 Å². The summed E-state index contributed by atoms with van der Waals surface area (Å²) < 4.78 is 10.6. The first-order valence-corrected chi connectivity index (χ1v) is 10.2. The number of amides is 3. The van der Waals surface area contributed by atoms with Gasteiger partial charge in [-0.25, -0.2) is 0 Å². The summed E-state index contributed by atoms with van der Waals surface area (Å²) in [6, 6.07) is 11.4. The Kier molecular flexibility index (Phi) is 7.49. The summed E-state index contributed by atoms with van der Waals surface area (Å²) in [5.41, 5.74) is 1.26. The number of benzene rings is 2. The summed E-state index contributed by atoms with van der Waals surface area (Å²) >= 11 is 5.98. The van der Waals surface area contributed by atoms with Crippen LogP contribution in [0.5, 0.6) is 5.75 Å². The summed E-state index contributed by atoms with van der Waals surface area (Å²) in [5.74, 6) is -0.535. The van der Waals surface area contributed by atoms with Crippen LogP contribution in [-0.2, 0) is 14.3 Å². The third-order valence-electron chi connectivity index (χ3n) is 4.76. The van der Waals surface area contributed by atoms with E-state index >= 15 is 0 Å². The number of rotatable bonds is 7. The van der Waals surface area contributed by atoms with Crippen LogP contribution in [0.3, 0.4) is 0 Å². The van der Waals surface area contributed by atoms with Crippen LogP contribution in [0.4, 0.5) is 11.4 Å². The van der Waals surface area contributed by atoms with Crippen molar-refractivity contribution in [3.8, 4) is 5.75 Å². The van der Waals surface area contributed by atoms with Crippen LogP contribution in [0.25, 0.3) is 0 Å². The number of halogens is 1. The summed E-state index contributed by atoms with van der Waals surface area (Å²) in [6.07, 6.45) is 1.07. The zero-order valence-electron chi connectivity index (χ0n) is 17.3. The number of hydrogen-bond donors (Lipinski definition) is 2. The monoisotopic (exact) mass is 445 g/mol. The van der Waals surface area contributed by atoms with Gasteiger partial charge in [0.15, 0.2) is 0 Å². The van der Waals surface area contributed by atoms with Crippen molar-refractivity contribution in [1.82, 2.24) is 4.90 Å². The molecule has 31 heavy (non-hydrogen) atoms. The molecule has 3 rings (SSSR count). The van der Waals surface area contributed by atoms with E-state index in [1.165, 1.54) is 19.1 Å². The summed E-state index contributed by atoms with van der Waals surface area (Å²) in [4.78, 5) is 38.7. The van der Waals surface area contributed by atoms with Gasteiger partial charge in [-0.2, -0.15) is 0 Å². The van der Waals surface area contributed by atoms with Gasteiger partial charge in [0.1, 0.15) is 11.9 Å². The van der Waals surface area contributed by atoms with Gasteiger partial charge in [0.2, 0.25) is 5.91 Å². The number of carbonyl (C=O) groups excluding carboxylic acids is 3. The van der Waals surface area contributed by atoms with Gasteiger partial charge in [-0.15, -0.1) is 0 Å². The lowest BCUT2D eigenvalue weighted by Crippen LogP contribution is -2.35. The Morgan fingerprint density at radius 2 is 2.00 bits per heavy atom. The molecule has 0 saturated carbocycles. The summed E-state index contributed by atoms with van der Waals surface area (Å²) in [5, 5.41) is 5.91. The lowest BCUT2D eigenvalue weighted by molar-refractivity contribution is -0.124. The zero-order valence-corrected chi connectivity index (χ0v) is 18.1. The minimum absolute atomic E-state index is 0.180. The molecule has 2 aromatic rings. The fourth-order valence-electron chi connectivity index (χ4n) is 3.21. The van der Waals surface area contributed by atoms with Gasteiger partial charge < -0.3 is 25.0 Å². The number of nitrogens with one attached hydrogen (secondary N) is 2. The molecule has 0 radical (unpaired) electrons. The molecule has 1 atom stereocenters. The van der Waals surface area contributed by atoms with Gasteiger partial charge in [0, 0.05) is 29.9 Å². The predicted octanol–water partition coefficient (Wildman–Crippen LogP) is 3.18. The van der Waals surface area contributed by atoms with Crippen molar-refractivity contribution in [3.63, 3.8) is 0 Å². The lowest BCUT2D eigenvalue weighted by atomic mass is 10.1. The summed E-state index contributed by atoms with van der Waals surface area (Å²) in [6.45, 7) is 0.394. The second kappa shape index (κ2) is 10.3. The van der Waals surface area contributed by atoms with Gasteiger partial charge in [-0.3, -0.25) is 14.4 Å². The number of carbonyl (C=O) groups is 3. The molecule has 8 nitrogen and oxygen atoms in total. The Labute approximate surface area is 185 Å². The van der Waals surface area contributed by atoms with Crippen molar-refractivity contribution in [2.75, 3.05) is 37.9 Å². The van der Waals surface area contributed by atoms with Crippen LogP contribution < -0.4 is 15.4 Å². The molecular weight excluding hydrogens is 422 g/mol. The molecule has 1 fully saturated rings. The number of methoxy groups -OCH3 is 1. The van der Waals surface area contributed by atoms with Gasteiger partial charge >= 0.3 is 0 Å². The van der Waals surface area contributed by atoms with Crippen LogP contribution in [0.1, 0.15) is 23.2 Å². The number of anilines is 2. The third-order valence-corrected chi connectivity index (χ3v) is 5.00.